The molecule has 110 valence electrons. The van der Waals surface area contributed by atoms with Crippen LogP contribution in [0.1, 0.15) is 24.6 Å². The molecule has 2 fully saturated rings. The standard InChI is InChI=1S/C13H18N2O4S/c1-9-5-11(6-13(16)15(9)10-3-4-10)19-12-7-14(8-12)20(2,17)18/h5-6,10,12H,3-4,7-8H2,1-2H3. The number of hydrogen-bond donors (Lipinski definition) is 0. The summed E-state index contributed by atoms with van der Waals surface area (Å²) in [6, 6.07) is 3.69. The van der Waals surface area contributed by atoms with Gasteiger partial charge in [0, 0.05) is 17.8 Å². The average molecular weight is 298 g/mol. The lowest BCUT2D eigenvalue weighted by molar-refractivity contribution is 0.0764. The van der Waals surface area contributed by atoms with Gasteiger partial charge in [0.2, 0.25) is 10.0 Å². The summed E-state index contributed by atoms with van der Waals surface area (Å²) in [5, 5.41) is 0. The predicted molar refractivity (Wildman–Crippen MR) is 74.5 cm³/mol. The van der Waals surface area contributed by atoms with E-state index in [9.17, 15) is 13.2 Å². The highest BCUT2D eigenvalue weighted by atomic mass is 32.2. The molecule has 1 aromatic rings. The zero-order chi connectivity index (χ0) is 14.5. The van der Waals surface area contributed by atoms with Crippen molar-refractivity contribution in [1.82, 2.24) is 8.87 Å². The summed E-state index contributed by atoms with van der Waals surface area (Å²) in [6.07, 6.45) is 3.14. The summed E-state index contributed by atoms with van der Waals surface area (Å²) >= 11 is 0. The van der Waals surface area contributed by atoms with E-state index < -0.39 is 10.0 Å². The van der Waals surface area contributed by atoms with Crippen LogP contribution in [0.3, 0.4) is 0 Å². The molecular weight excluding hydrogens is 280 g/mol. The van der Waals surface area contributed by atoms with Crippen LogP contribution in [0.25, 0.3) is 0 Å². The molecule has 0 spiro atoms. The number of rotatable bonds is 4. The smallest absolute Gasteiger partial charge is 0.254 e. The molecule has 0 aromatic carbocycles. The van der Waals surface area contributed by atoms with E-state index >= 15 is 0 Å². The number of ether oxygens (including phenoxy) is 1. The van der Waals surface area contributed by atoms with Crippen molar-refractivity contribution in [3.63, 3.8) is 0 Å². The number of nitrogens with zero attached hydrogens (tertiary/aromatic N) is 2. The van der Waals surface area contributed by atoms with Crippen molar-refractivity contribution in [2.75, 3.05) is 19.3 Å². The van der Waals surface area contributed by atoms with E-state index in [0.717, 1.165) is 18.5 Å². The first-order valence-corrected chi connectivity index (χ1v) is 8.54. The third-order valence-corrected chi connectivity index (χ3v) is 4.97. The van der Waals surface area contributed by atoms with Gasteiger partial charge in [0.1, 0.15) is 11.9 Å². The highest BCUT2D eigenvalue weighted by molar-refractivity contribution is 7.88. The maximum Gasteiger partial charge on any atom is 0.254 e. The number of pyridine rings is 1. The molecule has 3 rings (SSSR count). The van der Waals surface area contributed by atoms with Gasteiger partial charge in [-0.05, 0) is 25.8 Å². The third kappa shape index (κ3) is 2.60. The molecule has 20 heavy (non-hydrogen) atoms. The number of aromatic nitrogens is 1. The molecule has 2 aliphatic rings. The van der Waals surface area contributed by atoms with Crippen LogP contribution in [0.5, 0.6) is 5.75 Å². The molecule has 1 saturated heterocycles. The molecule has 0 N–H and O–H groups in total. The monoisotopic (exact) mass is 298 g/mol. The van der Waals surface area contributed by atoms with E-state index in [1.165, 1.54) is 16.6 Å². The lowest BCUT2D eigenvalue weighted by Crippen LogP contribution is -2.55. The van der Waals surface area contributed by atoms with Gasteiger partial charge >= 0.3 is 0 Å². The quantitative estimate of drug-likeness (QED) is 0.812. The third-order valence-electron chi connectivity index (χ3n) is 3.73. The summed E-state index contributed by atoms with van der Waals surface area (Å²) in [5.41, 5.74) is 0.857. The topological polar surface area (TPSA) is 68.6 Å². The second-order valence-electron chi connectivity index (χ2n) is 5.59. The van der Waals surface area contributed by atoms with Crippen LogP contribution >= 0.6 is 0 Å². The number of hydrogen-bond acceptors (Lipinski definition) is 4. The average Bonchev–Trinajstić information content (AvgIpc) is 3.04. The Hall–Kier alpha value is -1.34. The van der Waals surface area contributed by atoms with Gasteiger partial charge in [0.15, 0.2) is 0 Å². The molecule has 6 nitrogen and oxygen atoms in total. The van der Waals surface area contributed by atoms with Crippen LogP contribution in [0.4, 0.5) is 0 Å². The van der Waals surface area contributed by atoms with Crippen molar-refractivity contribution < 1.29 is 13.2 Å². The Morgan fingerprint density at radius 2 is 1.90 bits per heavy atom. The maximum atomic E-state index is 12.0. The van der Waals surface area contributed by atoms with Gasteiger partial charge in [-0.15, -0.1) is 0 Å². The van der Waals surface area contributed by atoms with E-state index in [4.69, 9.17) is 4.74 Å². The molecule has 1 saturated carbocycles. The molecule has 0 atom stereocenters. The number of sulfonamides is 1. The van der Waals surface area contributed by atoms with Gasteiger partial charge in [-0.25, -0.2) is 8.42 Å². The number of aryl methyl sites for hydroxylation is 1. The Labute approximate surface area is 118 Å². The molecule has 1 aliphatic heterocycles. The summed E-state index contributed by atoms with van der Waals surface area (Å²) in [7, 11) is -3.13. The Morgan fingerprint density at radius 1 is 1.25 bits per heavy atom. The fourth-order valence-electron chi connectivity index (χ4n) is 2.49. The Kier molecular flexibility index (Phi) is 3.13. The maximum absolute atomic E-state index is 12.0. The minimum atomic E-state index is -3.13. The molecule has 7 heteroatoms. The molecule has 0 unspecified atom stereocenters. The van der Waals surface area contributed by atoms with Gasteiger partial charge in [0.05, 0.1) is 19.3 Å². The fraction of sp³-hybridized carbons (Fsp3) is 0.615. The van der Waals surface area contributed by atoms with Crippen LogP contribution in [0.2, 0.25) is 0 Å². The molecule has 1 aromatic heterocycles. The van der Waals surface area contributed by atoms with Crippen molar-refractivity contribution in [3.05, 3.63) is 28.2 Å². The summed E-state index contributed by atoms with van der Waals surface area (Å²) in [5.74, 6) is 0.530. The largest absolute Gasteiger partial charge is 0.487 e. The zero-order valence-corrected chi connectivity index (χ0v) is 12.4. The second-order valence-corrected chi connectivity index (χ2v) is 7.57. The Morgan fingerprint density at radius 3 is 2.40 bits per heavy atom. The van der Waals surface area contributed by atoms with E-state index in [1.807, 2.05) is 13.0 Å². The fourth-order valence-corrected chi connectivity index (χ4v) is 3.36. The highest BCUT2D eigenvalue weighted by Crippen LogP contribution is 2.35. The Bertz CT molecular complexity index is 685. The molecule has 0 amide bonds. The summed E-state index contributed by atoms with van der Waals surface area (Å²) < 4.78 is 31.4. The first kappa shape index (κ1) is 13.6. The first-order valence-electron chi connectivity index (χ1n) is 6.69. The van der Waals surface area contributed by atoms with Gasteiger partial charge in [-0.2, -0.15) is 4.31 Å². The van der Waals surface area contributed by atoms with Crippen molar-refractivity contribution >= 4 is 10.0 Å². The second kappa shape index (κ2) is 4.60. The van der Waals surface area contributed by atoms with Gasteiger partial charge in [0.25, 0.3) is 5.56 Å². The van der Waals surface area contributed by atoms with Crippen molar-refractivity contribution in [1.29, 1.82) is 0 Å². The van der Waals surface area contributed by atoms with Gasteiger partial charge < -0.3 is 9.30 Å². The van der Waals surface area contributed by atoms with Gasteiger partial charge in [-0.3, -0.25) is 4.79 Å². The SMILES string of the molecule is Cc1cc(OC2CN(S(C)(=O)=O)C2)cc(=O)n1C1CC1. The lowest BCUT2D eigenvalue weighted by Gasteiger charge is -2.36. The molecule has 0 radical (unpaired) electrons. The first-order chi connectivity index (χ1) is 9.34. The lowest BCUT2D eigenvalue weighted by atomic mass is 10.2. The van der Waals surface area contributed by atoms with E-state index in [2.05, 4.69) is 0 Å². The zero-order valence-electron chi connectivity index (χ0n) is 11.6. The minimum absolute atomic E-state index is 0.0400. The molecule has 2 heterocycles. The Balaban J connectivity index is 1.69. The van der Waals surface area contributed by atoms with Crippen LogP contribution in [-0.2, 0) is 10.0 Å². The van der Waals surface area contributed by atoms with Crippen LogP contribution < -0.4 is 10.3 Å². The summed E-state index contributed by atoms with van der Waals surface area (Å²) in [6.45, 7) is 2.60. The van der Waals surface area contributed by atoms with Crippen LogP contribution in [0, 0.1) is 6.92 Å². The van der Waals surface area contributed by atoms with Crippen molar-refractivity contribution in [2.45, 2.75) is 31.9 Å². The van der Waals surface area contributed by atoms with Crippen LogP contribution in [-0.4, -0.2) is 42.7 Å². The molecule has 1 aliphatic carbocycles. The highest BCUT2D eigenvalue weighted by Gasteiger charge is 2.35. The van der Waals surface area contributed by atoms with E-state index in [1.54, 1.807) is 4.57 Å². The van der Waals surface area contributed by atoms with Crippen molar-refractivity contribution in [3.8, 4) is 5.75 Å². The van der Waals surface area contributed by atoms with E-state index in [-0.39, 0.29) is 11.7 Å². The normalized spacial score (nSPS) is 20.7. The minimum Gasteiger partial charge on any atom is -0.487 e. The molecule has 0 bridgehead atoms. The van der Waals surface area contributed by atoms with Crippen LogP contribution in [0.15, 0.2) is 16.9 Å². The van der Waals surface area contributed by atoms with E-state index in [0.29, 0.717) is 24.9 Å². The van der Waals surface area contributed by atoms with Gasteiger partial charge in [-0.1, -0.05) is 0 Å². The van der Waals surface area contributed by atoms with Crippen molar-refractivity contribution in [2.24, 2.45) is 0 Å². The molecular formula is C13H18N2O4S. The predicted octanol–water partition coefficient (Wildman–Crippen LogP) is 0.514. The summed E-state index contributed by atoms with van der Waals surface area (Å²) in [4.78, 5) is 12.0.